The Labute approximate surface area is 163 Å². The summed E-state index contributed by atoms with van der Waals surface area (Å²) in [5.74, 6) is 0.436. The highest BCUT2D eigenvalue weighted by atomic mass is 16.5. The lowest BCUT2D eigenvalue weighted by atomic mass is 9.81. The number of furan rings is 1. The van der Waals surface area contributed by atoms with Crippen molar-refractivity contribution in [2.75, 3.05) is 6.61 Å². The third kappa shape index (κ3) is 3.48. The average molecular weight is 375 g/mol. The van der Waals surface area contributed by atoms with Gasteiger partial charge in [-0.15, -0.1) is 0 Å². The molecule has 1 aliphatic carbocycles. The fourth-order valence-electron chi connectivity index (χ4n) is 3.75. The van der Waals surface area contributed by atoms with Crippen LogP contribution in [0, 0.1) is 5.92 Å². The van der Waals surface area contributed by atoms with E-state index in [0.717, 1.165) is 46.3 Å². The van der Waals surface area contributed by atoms with Gasteiger partial charge in [-0.25, -0.2) is 9.78 Å². The molecular weight excluding hydrogens is 354 g/mol. The van der Waals surface area contributed by atoms with E-state index in [2.05, 4.69) is 6.92 Å². The Balaban J connectivity index is 1.92. The lowest BCUT2D eigenvalue weighted by Gasteiger charge is -2.26. The molecule has 0 saturated heterocycles. The standard InChI is InChI=1S/C23H21NO4/c1-14-10-16(12-17-6-5-9-27-17)22-19(11-14)21(23(26)28-13-15(2)25)18-7-3-4-8-20(18)24-22/h3-9,12,14H,10-11,13H2,1-2H3/b16-12+. The van der Waals surface area contributed by atoms with Crippen LogP contribution in [0.5, 0.6) is 0 Å². The molecule has 0 amide bonds. The van der Waals surface area contributed by atoms with E-state index in [9.17, 15) is 9.59 Å². The summed E-state index contributed by atoms with van der Waals surface area (Å²) in [6.07, 6.45) is 5.20. The second kappa shape index (κ2) is 7.43. The smallest absolute Gasteiger partial charge is 0.339 e. The highest BCUT2D eigenvalue weighted by molar-refractivity contribution is 6.07. The van der Waals surface area contributed by atoms with Crippen LogP contribution >= 0.6 is 0 Å². The summed E-state index contributed by atoms with van der Waals surface area (Å²) < 4.78 is 10.8. The molecule has 3 aromatic rings. The number of pyridine rings is 1. The van der Waals surface area contributed by atoms with Crippen LogP contribution in [0.15, 0.2) is 47.1 Å². The first kappa shape index (κ1) is 18.2. The predicted molar refractivity (Wildman–Crippen MR) is 107 cm³/mol. The number of para-hydroxylation sites is 1. The molecule has 2 aromatic heterocycles. The number of esters is 1. The zero-order valence-corrected chi connectivity index (χ0v) is 15.9. The second-order valence-electron chi connectivity index (χ2n) is 7.31. The quantitative estimate of drug-likeness (QED) is 0.619. The highest BCUT2D eigenvalue weighted by Crippen LogP contribution is 2.38. The van der Waals surface area contributed by atoms with Gasteiger partial charge < -0.3 is 9.15 Å². The summed E-state index contributed by atoms with van der Waals surface area (Å²) in [5, 5.41) is 0.751. The van der Waals surface area contributed by atoms with Crippen LogP contribution in [0.4, 0.5) is 0 Å². The Morgan fingerprint density at radius 3 is 2.79 bits per heavy atom. The number of carbonyl (C=O) groups excluding carboxylic acids is 2. The van der Waals surface area contributed by atoms with E-state index >= 15 is 0 Å². The monoisotopic (exact) mass is 375 g/mol. The van der Waals surface area contributed by atoms with Crippen LogP contribution in [-0.4, -0.2) is 23.3 Å². The minimum absolute atomic E-state index is 0.188. The summed E-state index contributed by atoms with van der Waals surface area (Å²) in [6.45, 7) is 3.33. The van der Waals surface area contributed by atoms with Gasteiger partial charge in [0.2, 0.25) is 0 Å². The first-order valence-electron chi connectivity index (χ1n) is 9.35. The molecule has 0 saturated carbocycles. The van der Waals surface area contributed by atoms with Gasteiger partial charge in [0.15, 0.2) is 5.78 Å². The Bertz CT molecular complexity index is 1080. The molecule has 0 N–H and O–H groups in total. The lowest BCUT2D eigenvalue weighted by molar-refractivity contribution is -0.120. The number of ketones is 1. The normalized spacial score (nSPS) is 17.5. The summed E-state index contributed by atoms with van der Waals surface area (Å²) in [6, 6.07) is 11.3. The van der Waals surface area contributed by atoms with E-state index in [0.29, 0.717) is 11.5 Å². The van der Waals surface area contributed by atoms with Crippen LogP contribution in [0.3, 0.4) is 0 Å². The molecule has 1 atom stereocenters. The van der Waals surface area contributed by atoms with Gasteiger partial charge in [-0.1, -0.05) is 25.1 Å². The molecule has 0 fully saturated rings. The van der Waals surface area contributed by atoms with Gasteiger partial charge in [-0.05, 0) is 61.1 Å². The molecule has 2 heterocycles. The molecule has 1 unspecified atom stereocenters. The van der Waals surface area contributed by atoms with Gasteiger partial charge in [0, 0.05) is 5.39 Å². The fourth-order valence-corrected chi connectivity index (χ4v) is 3.75. The SMILES string of the molecule is CC(=O)COC(=O)c1c2c(nc3ccccc13)/C(=C/c1ccco1)CC(C)C2. The van der Waals surface area contributed by atoms with E-state index in [-0.39, 0.29) is 12.4 Å². The number of fused-ring (bicyclic) bond motifs is 2. The zero-order valence-electron chi connectivity index (χ0n) is 15.9. The summed E-state index contributed by atoms with van der Waals surface area (Å²) in [5.41, 5.74) is 3.97. The summed E-state index contributed by atoms with van der Waals surface area (Å²) in [7, 11) is 0. The van der Waals surface area contributed by atoms with Crippen LogP contribution < -0.4 is 0 Å². The minimum atomic E-state index is -0.475. The van der Waals surface area contributed by atoms with Crippen molar-refractivity contribution in [3.63, 3.8) is 0 Å². The fraction of sp³-hybridized carbons (Fsp3) is 0.261. The van der Waals surface area contributed by atoms with Crippen molar-refractivity contribution < 1.29 is 18.7 Å². The van der Waals surface area contributed by atoms with E-state index in [1.54, 1.807) is 6.26 Å². The molecule has 5 nitrogen and oxygen atoms in total. The van der Waals surface area contributed by atoms with Crippen molar-refractivity contribution in [2.24, 2.45) is 5.92 Å². The third-order valence-electron chi connectivity index (χ3n) is 4.89. The van der Waals surface area contributed by atoms with Gasteiger partial charge >= 0.3 is 5.97 Å². The largest absolute Gasteiger partial charge is 0.465 e. The van der Waals surface area contributed by atoms with Gasteiger partial charge in [0.1, 0.15) is 12.4 Å². The summed E-state index contributed by atoms with van der Waals surface area (Å²) >= 11 is 0. The second-order valence-corrected chi connectivity index (χ2v) is 7.31. The number of Topliss-reactive ketones (excluding diaryl/α,β-unsaturated/α-hetero) is 1. The molecule has 28 heavy (non-hydrogen) atoms. The molecule has 5 heteroatoms. The number of benzene rings is 1. The molecule has 1 aromatic carbocycles. The Hall–Kier alpha value is -3.21. The maximum atomic E-state index is 12.9. The number of hydrogen-bond donors (Lipinski definition) is 0. The highest BCUT2D eigenvalue weighted by Gasteiger charge is 2.29. The first-order chi connectivity index (χ1) is 13.5. The van der Waals surface area contributed by atoms with Crippen molar-refractivity contribution in [3.05, 3.63) is 65.2 Å². The van der Waals surface area contributed by atoms with Crippen LogP contribution in [-0.2, 0) is 16.0 Å². The van der Waals surface area contributed by atoms with Crippen molar-refractivity contribution in [1.82, 2.24) is 4.98 Å². The zero-order chi connectivity index (χ0) is 19.7. The molecule has 0 bridgehead atoms. The number of rotatable bonds is 4. The van der Waals surface area contributed by atoms with Gasteiger partial charge in [0.25, 0.3) is 0 Å². The number of carbonyl (C=O) groups is 2. The Morgan fingerprint density at radius 2 is 2.04 bits per heavy atom. The predicted octanol–water partition coefficient (Wildman–Crippen LogP) is 4.70. The maximum absolute atomic E-state index is 12.9. The van der Waals surface area contributed by atoms with E-state index in [4.69, 9.17) is 14.1 Å². The van der Waals surface area contributed by atoms with Crippen LogP contribution in [0.2, 0.25) is 0 Å². The number of ether oxygens (including phenoxy) is 1. The lowest BCUT2D eigenvalue weighted by Crippen LogP contribution is -2.20. The third-order valence-corrected chi connectivity index (χ3v) is 4.89. The van der Waals surface area contributed by atoms with Crippen molar-refractivity contribution in [1.29, 1.82) is 0 Å². The molecule has 1 aliphatic rings. The molecule has 0 radical (unpaired) electrons. The number of hydrogen-bond acceptors (Lipinski definition) is 5. The van der Waals surface area contributed by atoms with Crippen LogP contribution in [0.25, 0.3) is 22.6 Å². The molecule has 0 aliphatic heterocycles. The molecular formula is C23H21NO4. The first-order valence-corrected chi connectivity index (χ1v) is 9.35. The van der Waals surface area contributed by atoms with Gasteiger partial charge in [-0.2, -0.15) is 0 Å². The maximum Gasteiger partial charge on any atom is 0.339 e. The molecule has 0 spiro atoms. The number of aromatic nitrogens is 1. The Kier molecular flexibility index (Phi) is 4.82. The van der Waals surface area contributed by atoms with E-state index in [1.165, 1.54) is 6.92 Å². The Morgan fingerprint density at radius 1 is 1.21 bits per heavy atom. The van der Waals surface area contributed by atoms with E-state index in [1.807, 2.05) is 42.5 Å². The van der Waals surface area contributed by atoms with Crippen molar-refractivity contribution in [3.8, 4) is 0 Å². The number of nitrogens with zero attached hydrogens (tertiary/aromatic N) is 1. The van der Waals surface area contributed by atoms with Gasteiger partial charge in [-0.3, -0.25) is 4.79 Å². The summed E-state index contributed by atoms with van der Waals surface area (Å²) in [4.78, 5) is 29.1. The average Bonchev–Trinajstić information content (AvgIpc) is 3.17. The molecule has 4 rings (SSSR count). The van der Waals surface area contributed by atoms with Crippen molar-refractivity contribution >= 4 is 34.3 Å². The molecule has 142 valence electrons. The van der Waals surface area contributed by atoms with Crippen molar-refractivity contribution in [2.45, 2.75) is 26.7 Å². The van der Waals surface area contributed by atoms with Crippen LogP contribution in [0.1, 0.15) is 47.6 Å². The van der Waals surface area contributed by atoms with Gasteiger partial charge in [0.05, 0.1) is 23.0 Å². The number of allylic oxidation sites excluding steroid dienone is 1. The topological polar surface area (TPSA) is 69.4 Å². The van der Waals surface area contributed by atoms with E-state index < -0.39 is 5.97 Å². The minimum Gasteiger partial charge on any atom is -0.465 e.